The minimum Gasteiger partial charge on any atom is -0.174 e. The third kappa shape index (κ3) is 2.37. The van der Waals surface area contributed by atoms with Crippen LogP contribution in [-0.2, 0) is 0 Å². The van der Waals surface area contributed by atoms with Crippen molar-refractivity contribution in [3.63, 3.8) is 0 Å². The van der Waals surface area contributed by atoms with E-state index in [2.05, 4.69) is 60.5 Å². The van der Waals surface area contributed by atoms with Gasteiger partial charge in [-0.2, -0.15) is 12.6 Å². The molecule has 86 valence electrons. The van der Waals surface area contributed by atoms with Crippen LogP contribution in [0.1, 0.15) is 10.1 Å². The molecule has 2 aromatic rings. The number of hydrogen-bond donors (Lipinski definition) is 1. The number of thioether (sulfide) groups is 2. The van der Waals surface area contributed by atoms with Crippen molar-refractivity contribution >= 4 is 46.9 Å². The van der Waals surface area contributed by atoms with Crippen LogP contribution in [0, 0.1) is 0 Å². The van der Waals surface area contributed by atoms with Gasteiger partial charge in [-0.1, -0.05) is 36.4 Å². The molecule has 1 aliphatic rings. The van der Waals surface area contributed by atoms with Gasteiger partial charge in [-0.3, -0.25) is 0 Å². The van der Waals surface area contributed by atoms with Crippen LogP contribution in [0.2, 0.25) is 0 Å². The lowest BCUT2D eigenvalue weighted by molar-refractivity contribution is 1.41. The molecule has 0 N–H and O–H groups in total. The third-order valence-electron chi connectivity index (χ3n) is 2.78. The summed E-state index contributed by atoms with van der Waals surface area (Å²) in [6.45, 7) is 0. The van der Waals surface area contributed by atoms with Crippen molar-refractivity contribution in [1.82, 2.24) is 0 Å². The number of benzene rings is 2. The van der Waals surface area contributed by atoms with Crippen molar-refractivity contribution < 1.29 is 0 Å². The highest BCUT2D eigenvalue weighted by atomic mass is 32.2. The third-order valence-corrected chi connectivity index (χ3v) is 6.10. The average Bonchev–Trinajstić information content (AvgIpc) is 2.87. The van der Waals surface area contributed by atoms with E-state index in [1.54, 1.807) is 0 Å². The standard InChI is InChI=1S/C14H12S3/c15-8-13-9-16-14(17-13)12-6-5-10-3-1-2-4-11(10)7-12/h1-7,9,14-15H,8H2. The molecule has 0 amide bonds. The molecule has 1 aliphatic heterocycles. The zero-order chi connectivity index (χ0) is 11.7. The van der Waals surface area contributed by atoms with Crippen LogP contribution in [0.3, 0.4) is 0 Å². The maximum atomic E-state index is 4.33. The van der Waals surface area contributed by atoms with Crippen LogP contribution >= 0.6 is 36.2 Å². The first kappa shape index (κ1) is 11.6. The Bertz CT molecular complexity index is 574. The fourth-order valence-corrected chi connectivity index (χ4v) is 4.79. The number of hydrogen-bond acceptors (Lipinski definition) is 3. The summed E-state index contributed by atoms with van der Waals surface area (Å²) >= 11 is 8.13. The van der Waals surface area contributed by atoms with Gasteiger partial charge in [-0.15, -0.1) is 23.5 Å². The minimum atomic E-state index is 0.502. The highest BCUT2D eigenvalue weighted by Gasteiger charge is 2.19. The molecule has 17 heavy (non-hydrogen) atoms. The topological polar surface area (TPSA) is 0 Å². The normalized spacial score (nSPS) is 19.6. The Hall–Kier alpha value is -0.510. The van der Waals surface area contributed by atoms with Crippen LogP contribution in [0.4, 0.5) is 0 Å². The van der Waals surface area contributed by atoms with Crippen molar-refractivity contribution in [2.24, 2.45) is 0 Å². The molecule has 3 heteroatoms. The SMILES string of the molecule is SCC1=CSC(c2ccc3ccccc3c2)S1. The summed E-state index contributed by atoms with van der Waals surface area (Å²) < 4.78 is 0.502. The van der Waals surface area contributed by atoms with Crippen molar-refractivity contribution in [2.45, 2.75) is 4.58 Å². The quantitative estimate of drug-likeness (QED) is 0.759. The molecule has 0 fully saturated rings. The minimum absolute atomic E-state index is 0.502. The number of thiol groups is 1. The second-order valence-electron chi connectivity index (χ2n) is 3.93. The van der Waals surface area contributed by atoms with Crippen LogP contribution in [-0.4, -0.2) is 5.75 Å². The summed E-state index contributed by atoms with van der Waals surface area (Å²) in [5.41, 5.74) is 1.40. The smallest absolute Gasteiger partial charge is 0.0837 e. The van der Waals surface area contributed by atoms with E-state index >= 15 is 0 Å². The van der Waals surface area contributed by atoms with Gasteiger partial charge in [0.05, 0.1) is 4.58 Å². The van der Waals surface area contributed by atoms with Gasteiger partial charge in [0, 0.05) is 10.7 Å². The molecule has 3 rings (SSSR count). The van der Waals surface area contributed by atoms with Crippen LogP contribution in [0.15, 0.2) is 52.8 Å². The summed E-state index contributed by atoms with van der Waals surface area (Å²) in [6.07, 6.45) is 0. The van der Waals surface area contributed by atoms with Crippen molar-refractivity contribution in [3.05, 3.63) is 58.3 Å². The molecule has 0 saturated carbocycles. The maximum Gasteiger partial charge on any atom is 0.0837 e. The molecular weight excluding hydrogens is 264 g/mol. The Morgan fingerprint density at radius 2 is 1.88 bits per heavy atom. The van der Waals surface area contributed by atoms with Crippen molar-refractivity contribution in [3.8, 4) is 0 Å². The Balaban J connectivity index is 1.92. The monoisotopic (exact) mass is 276 g/mol. The summed E-state index contributed by atoms with van der Waals surface area (Å²) in [6, 6.07) is 15.3. The molecular formula is C14H12S3. The molecule has 0 saturated heterocycles. The zero-order valence-corrected chi connectivity index (χ0v) is 11.7. The molecule has 0 nitrogen and oxygen atoms in total. The second-order valence-corrected chi connectivity index (χ2v) is 6.76. The number of rotatable bonds is 2. The largest absolute Gasteiger partial charge is 0.174 e. The molecule has 1 heterocycles. The first-order valence-corrected chi connectivity index (χ1v) is 7.93. The van der Waals surface area contributed by atoms with Gasteiger partial charge in [0.1, 0.15) is 0 Å². The predicted molar refractivity (Wildman–Crippen MR) is 83.8 cm³/mol. The number of fused-ring (bicyclic) bond motifs is 1. The highest BCUT2D eigenvalue weighted by Crippen LogP contribution is 2.51. The molecule has 1 unspecified atom stereocenters. The van der Waals surface area contributed by atoms with Gasteiger partial charge >= 0.3 is 0 Å². The van der Waals surface area contributed by atoms with Crippen LogP contribution in [0.25, 0.3) is 10.8 Å². The van der Waals surface area contributed by atoms with Gasteiger partial charge in [-0.25, -0.2) is 0 Å². The van der Waals surface area contributed by atoms with Gasteiger partial charge in [0.25, 0.3) is 0 Å². The first-order chi connectivity index (χ1) is 8.36. The molecule has 0 radical (unpaired) electrons. The molecule has 0 aliphatic carbocycles. The molecule has 0 bridgehead atoms. The Kier molecular flexibility index (Phi) is 3.41. The van der Waals surface area contributed by atoms with E-state index in [4.69, 9.17) is 0 Å². The maximum absolute atomic E-state index is 4.33. The van der Waals surface area contributed by atoms with Crippen molar-refractivity contribution in [2.75, 3.05) is 5.75 Å². The fourth-order valence-electron chi connectivity index (χ4n) is 1.91. The van der Waals surface area contributed by atoms with E-state index < -0.39 is 0 Å². The summed E-state index contributed by atoms with van der Waals surface area (Å²) in [5.74, 6) is 0.849. The average molecular weight is 276 g/mol. The zero-order valence-electron chi connectivity index (χ0n) is 9.17. The van der Waals surface area contributed by atoms with E-state index in [0.29, 0.717) is 4.58 Å². The van der Waals surface area contributed by atoms with Gasteiger partial charge in [-0.05, 0) is 27.8 Å². The summed E-state index contributed by atoms with van der Waals surface area (Å²) in [5, 5.41) is 4.87. The van der Waals surface area contributed by atoms with E-state index in [-0.39, 0.29) is 0 Å². The van der Waals surface area contributed by atoms with Gasteiger partial charge < -0.3 is 0 Å². The second kappa shape index (κ2) is 5.01. The van der Waals surface area contributed by atoms with E-state index in [9.17, 15) is 0 Å². The lowest BCUT2D eigenvalue weighted by Gasteiger charge is -2.10. The van der Waals surface area contributed by atoms with Crippen LogP contribution < -0.4 is 0 Å². The summed E-state index contributed by atoms with van der Waals surface area (Å²) in [4.78, 5) is 1.37. The molecule has 2 aromatic carbocycles. The van der Waals surface area contributed by atoms with Gasteiger partial charge in [0.15, 0.2) is 0 Å². The summed E-state index contributed by atoms with van der Waals surface area (Å²) in [7, 11) is 0. The molecule has 0 spiro atoms. The fraction of sp³-hybridized carbons (Fsp3) is 0.143. The van der Waals surface area contributed by atoms with E-state index in [0.717, 1.165) is 5.75 Å². The molecule has 0 aromatic heterocycles. The van der Waals surface area contributed by atoms with Gasteiger partial charge in [0.2, 0.25) is 0 Å². The Morgan fingerprint density at radius 1 is 1.06 bits per heavy atom. The first-order valence-electron chi connectivity index (χ1n) is 5.47. The Morgan fingerprint density at radius 3 is 2.65 bits per heavy atom. The molecule has 1 atom stereocenters. The van der Waals surface area contributed by atoms with Crippen LogP contribution in [0.5, 0.6) is 0 Å². The predicted octanol–water partition coefficient (Wildman–Crippen LogP) is 5.09. The lowest BCUT2D eigenvalue weighted by Crippen LogP contribution is -1.85. The van der Waals surface area contributed by atoms with Crippen molar-refractivity contribution in [1.29, 1.82) is 0 Å². The van der Waals surface area contributed by atoms with E-state index in [1.165, 1.54) is 21.2 Å². The lowest BCUT2D eigenvalue weighted by atomic mass is 10.1. The highest BCUT2D eigenvalue weighted by molar-refractivity contribution is 8.22. The Labute approximate surface area is 115 Å². The van der Waals surface area contributed by atoms with E-state index in [1.807, 2.05) is 23.5 Å².